The van der Waals surface area contributed by atoms with Crippen LogP contribution in [-0.2, 0) is 112 Å². The minimum absolute atomic E-state index is 0. The van der Waals surface area contributed by atoms with E-state index >= 15 is 0 Å². The Bertz CT molecular complexity index is 3150. The molecule has 0 aliphatic carbocycles. The standard InChI is InChI=1S/4C15H14NO3.4C4H8O.4Co.8H2O/c4*1-19-14-8-4-6-11(15(14)18)9-16-13-7-3-2-5-12(13)10-17;4*1-2-4-5-3-1;;;;;;;;;;;;/h4*2-9,18H,10H2,1H3;4*1-4H2;;;;;8*1H2/q4*-1;;;;;4*+2;;;;;;;;/p-4. The summed E-state index contributed by atoms with van der Waals surface area (Å²) in [6.45, 7) is 6.65. The summed E-state index contributed by atoms with van der Waals surface area (Å²) in [6.07, 6.45) is 16.1. The predicted molar refractivity (Wildman–Crippen MR) is 388 cm³/mol. The molecule has 604 valence electrons. The molecule has 8 aromatic rings. The summed E-state index contributed by atoms with van der Waals surface area (Å²) in [4.78, 5) is 16.8. The van der Waals surface area contributed by atoms with Crippen LogP contribution in [0, 0.1) is 0 Å². The van der Waals surface area contributed by atoms with Gasteiger partial charge in [0.15, 0.2) is 0 Å². The molecule has 32 heteroatoms. The first kappa shape index (κ1) is 116. The van der Waals surface area contributed by atoms with Gasteiger partial charge in [-0.05, 0) is 144 Å². The van der Waals surface area contributed by atoms with E-state index in [1.54, 1.807) is 170 Å². The molecule has 0 aromatic heterocycles. The molecule has 0 atom stereocenters. The normalized spacial score (nSPS) is 12.1. The number of aliphatic imine (C=N–C) groups is 4. The molecule has 4 aliphatic heterocycles. The number of rotatable bonds is 16. The Morgan fingerprint density at radius 2 is 0.435 bits per heavy atom. The molecule has 0 amide bonds. The molecule has 108 heavy (non-hydrogen) atoms. The van der Waals surface area contributed by atoms with Gasteiger partial charge in [-0.25, -0.2) is 0 Å². The number of nitrogens with zero attached hydrogens (tertiary/aromatic N) is 4. The molecule has 4 saturated heterocycles. The molecule has 12 rings (SSSR count). The molecule has 0 saturated carbocycles. The van der Waals surface area contributed by atoms with E-state index in [-0.39, 0.29) is 183 Å². The van der Waals surface area contributed by atoms with Crippen molar-refractivity contribution in [3.05, 3.63) is 214 Å². The third kappa shape index (κ3) is 42.3. The van der Waals surface area contributed by atoms with E-state index in [9.17, 15) is 40.9 Å². The zero-order valence-corrected chi connectivity index (χ0v) is 64.4. The fraction of sp³-hybridized carbons (Fsp3) is 0.316. The van der Waals surface area contributed by atoms with Crippen LogP contribution in [0.5, 0.6) is 46.0 Å². The van der Waals surface area contributed by atoms with Crippen molar-refractivity contribution in [2.24, 2.45) is 20.0 Å². The molecular formula is C76H100Co4N4O24. The minimum atomic E-state index is -0.337. The van der Waals surface area contributed by atoms with Gasteiger partial charge in [0, 0.05) is 77.7 Å². The van der Waals surface area contributed by atoms with Gasteiger partial charge in [0.25, 0.3) is 0 Å². The molecule has 28 nitrogen and oxygen atoms in total. The van der Waals surface area contributed by atoms with Crippen molar-refractivity contribution in [2.45, 2.75) is 77.8 Å². The molecule has 0 spiro atoms. The van der Waals surface area contributed by atoms with Crippen LogP contribution < -0.4 is 59.8 Å². The Hall–Kier alpha value is -7.77. The zero-order valence-electron chi connectivity index (χ0n) is 60.3. The van der Waals surface area contributed by atoms with Crippen LogP contribution in [0.1, 0.15) is 95.9 Å². The summed E-state index contributed by atoms with van der Waals surface area (Å²) >= 11 is 0. The van der Waals surface area contributed by atoms with E-state index in [2.05, 4.69) is 20.0 Å². The van der Waals surface area contributed by atoms with Gasteiger partial charge in [0.2, 0.25) is 0 Å². The van der Waals surface area contributed by atoms with Crippen LogP contribution >= 0.6 is 0 Å². The maximum absolute atomic E-state index is 11.9. The monoisotopic (exact) mass is 1690 g/mol. The van der Waals surface area contributed by atoms with Crippen molar-refractivity contribution in [1.82, 2.24) is 0 Å². The molecule has 16 N–H and O–H groups in total. The number of hydrogen-bond acceptors (Lipinski definition) is 20. The van der Waals surface area contributed by atoms with Crippen molar-refractivity contribution in [1.29, 1.82) is 0 Å². The Kier molecular flexibility index (Phi) is 76.1. The predicted octanol–water partition coefficient (Wildman–Crippen LogP) is 2.10. The first-order chi connectivity index (χ1) is 47.0. The molecule has 0 unspecified atom stereocenters. The van der Waals surface area contributed by atoms with Crippen molar-refractivity contribution in [3.63, 3.8) is 0 Å². The van der Waals surface area contributed by atoms with Gasteiger partial charge < -0.3 is 123 Å². The van der Waals surface area contributed by atoms with E-state index in [1.165, 1.54) is 105 Å². The van der Waals surface area contributed by atoms with Gasteiger partial charge in [-0.2, -0.15) is 0 Å². The van der Waals surface area contributed by atoms with Crippen molar-refractivity contribution < 1.29 is 190 Å². The minimum Gasteiger partial charge on any atom is -0.870 e. The Morgan fingerprint density at radius 1 is 0.269 bits per heavy atom. The van der Waals surface area contributed by atoms with E-state index < -0.39 is 0 Å². The molecule has 0 bridgehead atoms. The number of benzene rings is 8. The maximum atomic E-state index is 11.9. The fourth-order valence-electron chi connectivity index (χ4n) is 8.81. The van der Waals surface area contributed by atoms with Crippen LogP contribution in [0.25, 0.3) is 0 Å². The zero-order chi connectivity index (χ0) is 68.8. The SMILES string of the molecule is C1CCOC1.C1CCOC1.C1CCOC1.C1CCOC1.COc1cccc(C=Nc2ccccc2C[O-])c1[O-].COc1cccc(C=Nc2ccccc2C[O-])c1[O-].COc1cccc(C=Nc2ccccc2C[O-])c1[O-].COc1cccc(C=Nc2ccccc2C[O-])c1[O-].O.O.O.O.O.O.O.O.[Co+2].[Co+2].[Co+2].[Co+2]. The largest absolute Gasteiger partial charge is 2.00 e. The quantitative estimate of drug-likeness (QED) is 0.125. The van der Waals surface area contributed by atoms with Crippen LogP contribution in [0.3, 0.4) is 0 Å². The number of ether oxygens (including phenoxy) is 8. The second kappa shape index (κ2) is 70.9. The van der Waals surface area contributed by atoms with Gasteiger partial charge in [-0.1, -0.05) is 144 Å². The van der Waals surface area contributed by atoms with Crippen LogP contribution in [-0.4, -0.2) is 150 Å². The summed E-state index contributed by atoms with van der Waals surface area (Å²) in [5, 5.41) is 91.5. The van der Waals surface area contributed by atoms with Crippen LogP contribution in [0.2, 0.25) is 0 Å². The van der Waals surface area contributed by atoms with E-state index in [4.69, 9.17) is 37.9 Å². The molecule has 8 aromatic carbocycles. The fourth-order valence-corrected chi connectivity index (χ4v) is 8.81. The molecule has 4 fully saturated rings. The van der Waals surface area contributed by atoms with Crippen LogP contribution in [0.15, 0.2) is 190 Å². The summed E-state index contributed by atoms with van der Waals surface area (Å²) in [5.41, 5.74) is 6.48. The summed E-state index contributed by atoms with van der Waals surface area (Å²) in [6, 6.07) is 48.2. The molecular weight excluding hydrogens is 1590 g/mol. The summed E-state index contributed by atoms with van der Waals surface area (Å²) in [7, 11) is 5.80. The topological polar surface area (TPSA) is 560 Å². The number of hydrogen-bond donors (Lipinski definition) is 0. The Labute approximate surface area is 672 Å². The van der Waals surface area contributed by atoms with Gasteiger partial charge >= 0.3 is 67.1 Å². The van der Waals surface area contributed by atoms with E-state index in [0.29, 0.717) is 67.3 Å². The van der Waals surface area contributed by atoms with E-state index in [1.807, 2.05) is 0 Å². The third-order valence-corrected chi connectivity index (χ3v) is 14.2. The first-order valence-electron chi connectivity index (χ1n) is 31.5. The van der Waals surface area contributed by atoms with Crippen molar-refractivity contribution >= 4 is 47.6 Å². The average Bonchev–Trinajstić information content (AvgIpc) is 1.07. The summed E-state index contributed by atoms with van der Waals surface area (Å²) < 4.78 is 39.6. The number of methoxy groups -OCH3 is 4. The maximum Gasteiger partial charge on any atom is 2.00 e. The molecule has 4 aliphatic rings. The second-order valence-electron chi connectivity index (χ2n) is 20.9. The smallest absolute Gasteiger partial charge is 0.870 e. The first-order valence-corrected chi connectivity index (χ1v) is 31.5. The number of para-hydroxylation sites is 8. The van der Waals surface area contributed by atoms with Crippen LogP contribution in [0.4, 0.5) is 22.7 Å². The van der Waals surface area contributed by atoms with E-state index in [0.717, 1.165) is 52.9 Å². The van der Waals surface area contributed by atoms with Gasteiger partial charge in [0.1, 0.15) is 23.0 Å². The Morgan fingerprint density at radius 3 is 0.574 bits per heavy atom. The summed E-state index contributed by atoms with van der Waals surface area (Å²) in [5.74, 6) is 0.257. The average molecular weight is 1690 g/mol. The van der Waals surface area contributed by atoms with Crippen molar-refractivity contribution in [2.75, 3.05) is 81.3 Å². The second-order valence-corrected chi connectivity index (χ2v) is 20.9. The van der Waals surface area contributed by atoms with Gasteiger partial charge in [-0.3, -0.25) is 20.0 Å². The van der Waals surface area contributed by atoms with Gasteiger partial charge in [-0.15, -0.1) is 26.4 Å². The Balaban J connectivity index is -0.000000182. The third-order valence-electron chi connectivity index (χ3n) is 14.2. The molecule has 4 heterocycles. The van der Waals surface area contributed by atoms with Crippen molar-refractivity contribution in [3.8, 4) is 46.0 Å². The van der Waals surface area contributed by atoms with Gasteiger partial charge in [0.05, 0.1) is 51.2 Å². The molecule has 4 radical (unpaired) electrons.